The fraction of sp³-hybridized carbons (Fsp3) is 0.474. The van der Waals surface area contributed by atoms with Crippen molar-refractivity contribution in [3.8, 4) is 11.4 Å². The Morgan fingerprint density at radius 1 is 0.909 bits per heavy atom. The van der Waals surface area contributed by atoms with Crippen LogP contribution in [0.3, 0.4) is 0 Å². The third-order valence-electron chi connectivity index (χ3n) is 3.89. The standard InChI is InChI=1S/C19H25FN2/c1-3-5-7-9-17-14-21-19(22-18(17)20)16-12-10-15(11-13-16)8-6-4-2/h10-14H,3-9H2,1-2H3. The normalized spacial score (nSPS) is 10.9. The Morgan fingerprint density at radius 3 is 2.27 bits per heavy atom. The largest absolute Gasteiger partial charge is 0.236 e. The summed E-state index contributed by atoms with van der Waals surface area (Å²) >= 11 is 0. The molecular weight excluding hydrogens is 275 g/mol. The van der Waals surface area contributed by atoms with Crippen molar-refractivity contribution in [1.29, 1.82) is 0 Å². The van der Waals surface area contributed by atoms with Gasteiger partial charge in [-0.3, -0.25) is 0 Å². The molecule has 0 bridgehead atoms. The van der Waals surface area contributed by atoms with Gasteiger partial charge in [0.1, 0.15) is 0 Å². The van der Waals surface area contributed by atoms with Crippen molar-refractivity contribution in [3.63, 3.8) is 0 Å². The molecule has 1 heterocycles. The van der Waals surface area contributed by atoms with Crippen LogP contribution < -0.4 is 0 Å². The third kappa shape index (κ3) is 4.62. The highest BCUT2D eigenvalue weighted by atomic mass is 19.1. The van der Waals surface area contributed by atoms with E-state index in [4.69, 9.17) is 0 Å². The molecule has 118 valence electrons. The van der Waals surface area contributed by atoms with Crippen molar-refractivity contribution >= 4 is 0 Å². The maximum atomic E-state index is 14.1. The van der Waals surface area contributed by atoms with E-state index in [1.165, 1.54) is 18.4 Å². The van der Waals surface area contributed by atoms with Gasteiger partial charge in [-0.2, -0.15) is 9.37 Å². The average Bonchev–Trinajstić information content (AvgIpc) is 2.55. The van der Waals surface area contributed by atoms with Gasteiger partial charge < -0.3 is 0 Å². The fourth-order valence-corrected chi connectivity index (χ4v) is 2.46. The summed E-state index contributed by atoms with van der Waals surface area (Å²) in [6, 6.07) is 8.13. The van der Waals surface area contributed by atoms with E-state index in [2.05, 4.69) is 35.9 Å². The first-order valence-corrected chi connectivity index (χ1v) is 8.35. The van der Waals surface area contributed by atoms with Gasteiger partial charge in [-0.25, -0.2) is 4.98 Å². The summed E-state index contributed by atoms with van der Waals surface area (Å²) in [6.07, 6.45) is 9.05. The molecule has 22 heavy (non-hydrogen) atoms. The maximum absolute atomic E-state index is 14.1. The fourth-order valence-electron chi connectivity index (χ4n) is 2.46. The van der Waals surface area contributed by atoms with E-state index in [0.717, 1.165) is 37.7 Å². The Kier molecular flexibility index (Phi) is 6.50. The first-order chi connectivity index (χ1) is 10.7. The molecule has 0 radical (unpaired) electrons. The first-order valence-electron chi connectivity index (χ1n) is 8.35. The topological polar surface area (TPSA) is 25.8 Å². The van der Waals surface area contributed by atoms with Gasteiger partial charge in [-0.1, -0.05) is 57.4 Å². The van der Waals surface area contributed by atoms with E-state index in [-0.39, 0.29) is 5.95 Å². The van der Waals surface area contributed by atoms with Crippen LogP contribution in [0.2, 0.25) is 0 Å². The first kappa shape index (κ1) is 16.6. The predicted molar refractivity (Wildman–Crippen MR) is 89.3 cm³/mol. The number of hydrogen-bond donors (Lipinski definition) is 0. The van der Waals surface area contributed by atoms with Gasteiger partial charge in [-0.05, 0) is 31.2 Å². The van der Waals surface area contributed by atoms with E-state index in [0.29, 0.717) is 11.4 Å². The highest BCUT2D eigenvalue weighted by Gasteiger charge is 2.08. The van der Waals surface area contributed by atoms with Gasteiger partial charge >= 0.3 is 0 Å². The minimum atomic E-state index is -0.379. The summed E-state index contributed by atoms with van der Waals surface area (Å²) in [4.78, 5) is 8.37. The number of unbranched alkanes of at least 4 members (excludes halogenated alkanes) is 3. The summed E-state index contributed by atoms with van der Waals surface area (Å²) < 4.78 is 14.1. The molecule has 3 heteroatoms. The summed E-state index contributed by atoms with van der Waals surface area (Å²) in [7, 11) is 0. The Bertz CT molecular complexity index is 578. The number of aryl methyl sites for hydroxylation is 2. The van der Waals surface area contributed by atoms with E-state index < -0.39 is 0 Å². The van der Waals surface area contributed by atoms with E-state index in [9.17, 15) is 4.39 Å². The maximum Gasteiger partial charge on any atom is 0.219 e. The number of benzene rings is 1. The third-order valence-corrected chi connectivity index (χ3v) is 3.89. The van der Waals surface area contributed by atoms with Crippen LogP contribution in [-0.2, 0) is 12.8 Å². The lowest BCUT2D eigenvalue weighted by molar-refractivity contribution is 0.556. The smallest absolute Gasteiger partial charge is 0.219 e. The number of aromatic nitrogens is 2. The average molecular weight is 300 g/mol. The van der Waals surface area contributed by atoms with Gasteiger partial charge in [-0.15, -0.1) is 0 Å². The lowest BCUT2D eigenvalue weighted by atomic mass is 10.1. The summed E-state index contributed by atoms with van der Waals surface area (Å²) in [5.41, 5.74) is 2.80. The molecule has 0 fully saturated rings. The second-order valence-electron chi connectivity index (χ2n) is 5.77. The Labute approximate surface area is 132 Å². The molecular formula is C19H25FN2. The molecule has 0 unspecified atom stereocenters. The predicted octanol–water partition coefficient (Wildman–Crippen LogP) is 5.36. The Hall–Kier alpha value is -1.77. The van der Waals surface area contributed by atoms with Crippen molar-refractivity contribution in [3.05, 3.63) is 47.5 Å². The van der Waals surface area contributed by atoms with E-state index >= 15 is 0 Å². The summed E-state index contributed by atoms with van der Waals surface area (Å²) in [5, 5.41) is 0. The second-order valence-corrected chi connectivity index (χ2v) is 5.77. The molecule has 0 N–H and O–H groups in total. The van der Waals surface area contributed by atoms with Crippen LogP contribution >= 0.6 is 0 Å². The minimum Gasteiger partial charge on any atom is -0.236 e. The van der Waals surface area contributed by atoms with Crippen molar-refractivity contribution in [2.45, 2.75) is 58.8 Å². The molecule has 0 amide bonds. The zero-order valence-corrected chi connectivity index (χ0v) is 13.6. The molecule has 0 spiro atoms. The van der Waals surface area contributed by atoms with Gasteiger partial charge in [0.25, 0.3) is 0 Å². The quantitative estimate of drug-likeness (QED) is 0.484. The van der Waals surface area contributed by atoms with Gasteiger partial charge in [0.2, 0.25) is 5.95 Å². The van der Waals surface area contributed by atoms with Crippen LogP contribution in [-0.4, -0.2) is 9.97 Å². The Balaban J connectivity index is 2.07. The van der Waals surface area contributed by atoms with Crippen LogP contribution in [0, 0.1) is 5.95 Å². The SMILES string of the molecule is CCCCCc1cnc(-c2ccc(CCCC)cc2)nc1F. The van der Waals surface area contributed by atoms with Crippen molar-refractivity contribution in [2.24, 2.45) is 0 Å². The molecule has 1 aromatic heterocycles. The summed E-state index contributed by atoms with van der Waals surface area (Å²) in [5.74, 6) is 0.0925. The molecule has 0 aliphatic carbocycles. The lowest BCUT2D eigenvalue weighted by Gasteiger charge is -2.06. The van der Waals surface area contributed by atoms with Crippen LogP contribution in [0.5, 0.6) is 0 Å². The molecule has 0 saturated heterocycles. The lowest BCUT2D eigenvalue weighted by Crippen LogP contribution is -1.99. The van der Waals surface area contributed by atoms with Crippen LogP contribution in [0.25, 0.3) is 11.4 Å². The number of hydrogen-bond acceptors (Lipinski definition) is 2. The van der Waals surface area contributed by atoms with Crippen LogP contribution in [0.15, 0.2) is 30.5 Å². The van der Waals surface area contributed by atoms with Gasteiger partial charge in [0.05, 0.1) is 0 Å². The van der Waals surface area contributed by atoms with Crippen molar-refractivity contribution in [2.75, 3.05) is 0 Å². The van der Waals surface area contributed by atoms with Crippen molar-refractivity contribution < 1.29 is 4.39 Å². The molecule has 2 rings (SSSR count). The number of halogens is 1. The molecule has 0 saturated carbocycles. The molecule has 2 nitrogen and oxygen atoms in total. The Morgan fingerprint density at radius 2 is 1.64 bits per heavy atom. The minimum absolute atomic E-state index is 0.379. The molecule has 0 aliphatic heterocycles. The molecule has 1 aromatic carbocycles. The molecule has 0 atom stereocenters. The molecule has 0 aliphatic rings. The van der Waals surface area contributed by atoms with Gasteiger partial charge in [0, 0.05) is 17.3 Å². The van der Waals surface area contributed by atoms with E-state index in [1.807, 2.05) is 12.1 Å². The zero-order valence-electron chi connectivity index (χ0n) is 13.6. The summed E-state index contributed by atoms with van der Waals surface area (Å²) in [6.45, 7) is 4.33. The van der Waals surface area contributed by atoms with Crippen LogP contribution in [0.4, 0.5) is 4.39 Å². The van der Waals surface area contributed by atoms with Crippen molar-refractivity contribution in [1.82, 2.24) is 9.97 Å². The number of nitrogens with zero attached hydrogens (tertiary/aromatic N) is 2. The second kappa shape index (κ2) is 8.62. The van der Waals surface area contributed by atoms with E-state index in [1.54, 1.807) is 6.20 Å². The number of rotatable bonds is 8. The van der Waals surface area contributed by atoms with Crippen LogP contribution in [0.1, 0.15) is 57.1 Å². The highest BCUT2D eigenvalue weighted by Crippen LogP contribution is 2.18. The zero-order chi connectivity index (χ0) is 15.8. The highest BCUT2D eigenvalue weighted by molar-refractivity contribution is 5.55. The monoisotopic (exact) mass is 300 g/mol. The van der Waals surface area contributed by atoms with Gasteiger partial charge in [0.15, 0.2) is 5.82 Å². The molecule has 2 aromatic rings.